The highest BCUT2D eigenvalue weighted by Crippen LogP contribution is 2.58. The van der Waals surface area contributed by atoms with E-state index in [1.807, 2.05) is 85.7 Å². The molecule has 4 aromatic carbocycles. The molecular formula is C28H22N2O4. The van der Waals surface area contributed by atoms with E-state index in [4.69, 9.17) is 9.47 Å². The summed E-state index contributed by atoms with van der Waals surface area (Å²) < 4.78 is 12.5. The van der Waals surface area contributed by atoms with Gasteiger partial charge in [-0.2, -0.15) is 0 Å². The molecule has 6 heteroatoms. The standard InChI is InChI=1S/C28H22N2O4/c1-30(2)18-12-13-21-25(14-18)33-26-16-24(31)23(29-17-8-4-3-5-9-17)15-22(26)28(21)20-11-7-6-10-19(20)27(32)34-28/h3-16,29,31H,1-2H3. The number of nitrogens with one attached hydrogen (secondary N) is 1. The first-order chi connectivity index (χ1) is 16.5. The Kier molecular flexibility index (Phi) is 4.32. The number of aromatic hydroxyl groups is 1. The summed E-state index contributed by atoms with van der Waals surface area (Å²) in [7, 11) is 3.90. The summed E-state index contributed by atoms with van der Waals surface area (Å²) in [5.74, 6) is 0.648. The molecule has 4 aromatic rings. The van der Waals surface area contributed by atoms with Crippen molar-refractivity contribution in [3.05, 3.63) is 107 Å². The number of rotatable bonds is 3. The molecule has 0 fully saturated rings. The first-order valence-electron chi connectivity index (χ1n) is 11.0. The van der Waals surface area contributed by atoms with Crippen molar-refractivity contribution in [1.29, 1.82) is 0 Å². The Labute approximate surface area is 197 Å². The molecule has 2 N–H and O–H groups in total. The van der Waals surface area contributed by atoms with Crippen molar-refractivity contribution < 1.29 is 19.4 Å². The fourth-order valence-electron chi connectivity index (χ4n) is 4.75. The molecule has 1 atom stereocenters. The van der Waals surface area contributed by atoms with E-state index in [9.17, 15) is 9.90 Å². The maximum Gasteiger partial charge on any atom is 0.340 e. The van der Waals surface area contributed by atoms with Crippen molar-refractivity contribution >= 4 is 23.0 Å². The average Bonchev–Trinajstić information content (AvgIpc) is 3.13. The number of anilines is 3. The van der Waals surface area contributed by atoms with Crippen LogP contribution in [-0.4, -0.2) is 25.2 Å². The lowest BCUT2D eigenvalue weighted by molar-refractivity contribution is 0.0224. The smallest absolute Gasteiger partial charge is 0.340 e. The molecule has 0 saturated heterocycles. The van der Waals surface area contributed by atoms with Gasteiger partial charge in [-0.05, 0) is 36.4 Å². The monoisotopic (exact) mass is 450 g/mol. The van der Waals surface area contributed by atoms with E-state index < -0.39 is 11.6 Å². The Morgan fingerprint density at radius 2 is 1.56 bits per heavy atom. The van der Waals surface area contributed by atoms with Crippen LogP contribution in [0.2, 0.25) is 0 Å². The van der Waals surface area contributed by atoms with Crippen molar-refractivity contribution in [2.24, 2.45) is 0 Å². The molecule has 0 aliphatic carbocycles. The lowest BCUT2D eigenvalue weighted by atomic mass is 9.77. The molecular weight excluding hydrogens is 428 g/mol. The van der Waals surface area contributed by atoms with Gasteiger partial charge in [0, 0.05) is 54.3 Å². The number of hydrogen-bond donors (Lipinski definition) is 2. The SMILES string of the molecule is CN(C)c1ccc2c(c1)Oc1cc(O)c(Nc3ccccc3)cc1C21OC(=O)c2ccccc21. The highest BCUT2D eigenvalue weighted by Gasteiger charge is 2.53. The number of fused-ring (bicyclic) bond motifs is 6. The van der Waals surface area contributed by atoms with Crippen LogP contribution >= 0.6 is 0 Å². The van der Waals surface area contributed by atoms with Crippen LogP contribution in [0.25, 0.3) is 0 Å². The lowest BCUT2D eigenvalue weighted by Gasteiger charge is -2.37. The van der Waals surface area contributed by atoms with Crippen LogP contribution < -0.4 is 15.0 Å². The van der Waals surface area contributed by atoms with Crippen LogP contribution in [0.4, 0.5) is 17.1 Å². The zero-order chi connectivity index (χ0) is 23.4. The number of carbonyl (C=O) groups is 1. The summed E-state index contributed by atoms with van der Waals surface area (Å²) in [6, 6.07) is 26.2. The van der Waals surface area contributed by atoms with Gasteiger partial charge < -0.3 is 24.8 Å². The number of phenols is 1. The first kappa shape index (κ1) is 20.2. The molecule has 0 amide bonds. The highest BCUT2D eigenvalue weighted by atomic mass is 16.6. The molecule has 6 rings (SSSR count). The van der Waals surface area contributed by atoms with Gasteiger partial charge in [-0.25, -0.2) is 4.79 Å². The number of para-hydroxylation sites is 1. The normalized spacial score (nSPS) is 17.3. The Hall–Kier alpha value is -4.45. The van der Waals surface area contributed by atoms with Crippen molar-refractivity contribution in [2.45, 2.75) is 5.60 Å². The minimum atomic E-state index is -1.19. The van der Waals surface area contributed by atoms with E-state index in [0.29, 0.717) is 28.3 Å². The molecule has 2 aliphatic heterocycles. The quantitative estimate of drug-likeness (QED) is 0.305. The molecule has 0 aromatic heterocycles. The average molecular weight is 450 g/mol. The van der Waals surface area contributed by atoms with Crippen molar-refractivity contribution in [1.82, 2.24) is 0 Å². The third-order valence-electron chi connectivity index (χ3n) is 6.38. The highest BCUT2D eigenvalue weighted by molar-refractivity contribution is 5.97. The summed E-state index contributed by atoms with van der Waals surface area (Å²) in [5, 5.41) is 14.1. The fraction of sp³-hybridized carbons (Fsp3) is 0.107. The topological polar surface area (TPSA) is 71.0 Å². The Balaban J connectivity index is 1.61. The number of hydrogen-bond acceptors (Lipinski definition) is 6. The van der Waals surface area contributed by atoms with Gasteiger partial charge in [0.05, 0.1) is 11.3 Å². The maximum absolute atomic E-state index is 13.0. The van der Waals surface area contributed by atoms with Gasteiger partial charge in [-0.3, -0.25) is 0 Å². The molecule has 0 radical (unpaired) electrons. The van der Waals surface area contributed by atoms with E-state index in [0.717, 1.165) is 22.5 Å². The number of benzene rings is 4. The number of carbonyl (C=O) groups excluding carboxylic acids is 1. The van der Waals surface area contributed by atoms with Crippen LogP contribution in [0.5, 0.6) is 17.2 Å². The van der Waals surface area contributed by atoms with Gasteiger partial charge in [0.1, 0.15) is 17.2 Å². The van der Waals surface area contributed by atoms with E-state index in [-0.39, 0.29) is 5.75 Å². The van der Waals surface area contributed by atoms with Crippen LogP contribution in [-0.2, 0) is 10.3 Å². The fourth-order valence-corrected chi connectivity index (χ4v) is 4.75. The first-order valence-corrected chi connectivity index (χ1v) is 11.0. The summed E-state index contributed by atoms with van der Waals surface area (Å²) in [4.78, 5) is 15.0. The van der Waals surface area contributed by atoms with Gasteiger partial charge in [0.15, 0.2) is 5.60 Å². The Bertz CT molecular complexity index is 1450. The second-order valence-corrected chi connectivity index (χ2v) is 8.65. The minimum absolute atomic E-state index is 0.0302. The number of ether oxygens (including phenoxy) is 2. The van der Waals surface area contributed by atoms with E-state index >= 15 is 0 Å². The summed E-state index contributed by atoms with van der Waals surface area (Å²) in [6.45, 7) is 0. The molecule has 1 spiro atoms. The molecule has 1 unspecified atom stereocenters. The van der Waals surface area contributed by atoms with Crippen molar-refractivity contribution in [3.8, 4) is 17.2 Å². The van der Waals surface area contributed by atoms with Gasteiger partial charge in [-0.15, -0.1) is 0 Å². The van der Waals surface area contributed by atoms with Gasteiger partial charge in [0.25, 0.3) is 0 Å². The van der Waals surface area contributed by atoms with Crippen LogP contribution in [0.15, 0.2) is 84.9 Å². The number of esters is 1. The number of phenolic OH excluding ortho intramolecular Hbond substituents is 1. The molecule has 0 bridgehead atoms. The molecule has 2 aliphatic rings. The molecule has 34 heavy (non-hydrogen) atoms. The van der Waals surface area contributed by atoms with E-state index in [1.165, 1.54) is 0 Å². The van der Waals surface area contributed by atoms with E-state index in [1.54, 1.807) is 18.2 Å². The largest absolute Gasteiger partial charge is 0.506 e. The summed E-state index contributed by atoms with van der Waals surface area (Å²) in [5.41, 5.74) is 3.71. The molecule has 2 heterocycles. The van der Waals surface area contributed by atoms with Gasteiger partial charge >= 0.3 is 5.97 Å². The lowest BCUT2D eigenvalue weighted by Crippen LogP contribution is -2.33. The van der Waals surface area contributed by atoms with Crippen molar-refractivity contribution in [2.75, 3.05) is 24.3 Å². The van der Waals surface area contributed by atoms with E-state index in [2.05, 4.69) is 5.32 Å². The van der Waals surface area contributed by atoms with Gasteiger partial charge in [0.2, 0.25) is 0 Å². The van der Waals surface area contributed by atoms with Crippen LogP contribution in [0.1, 0.15) is 27.0 Å². The Morgan fingerprint density at radius 1 is 0.824 bits per heavy atom. The second kappa shape index (κ2) is 7.28. The summed E-state index contributed by atoms with van der Waals surface area (Å²) >= 11 is 0. The van der Waals surface area contributed by atoms with Crippen LogP contribution in [0.3, 0.4) is 0 Å². The molecule has 0 saturated carbocycles. The zero-order valence-electron chi connectivity index (χ0n) is 18.7. The second-order valence-electron chi connectivity index (χ2n) is 8.65. The predicted octanol–water partition coefficient (Wildman–Crippen LogP) is 5.77. The predicted molar refractivity (Wildman–Crippen MR) is 130 cm³/mol. The summed E-state index contributed by atoms with van der Waals surface area (Å²) in [6.07, 6.45) is 0. The van der Waals surface area contributed by atoms with Crippen molar-refractivity contribution in [3.63, 3.8) is 0 Å². The third-order valence-corrected chi connectivity index (χ3v) is 6.38. The molecule has 168 valence electrons. The van der Waals surface area contributed by atoms with Crippen LogP contribution in [0, 0.1) is 0 Å². The minimum Gasteiger partial charge on any atom is -0.506 e. The third kappa shape index (κ3) is 2.85. The van der Waals surface area contributed by atoms with Gasteiger partial charge in [-0.1, -0.05) is 36.4 Å². The maximum atomic E-state index is 13.0. The zero-order valence-corrected chi connectivity index (χ0v) is 18.7. The molecule has 6 nitrogen and oxygen atoms in total. The Morgan fingerprint density at radius 3 is 2.35 bits per heavy atom. The number of nitrogens with zero attached hydrogens (tertiary/aromatic N) is 1.